The molecule has 0 aliphatic carbocycles. The molecule has 1 aromatic rings. The number of rotatable bonds is 1. The summed E-state index contributed by atoms with van der Waals surface area (Å²) in [6, 6.07) is 2.55. The van der Waals surface area contributed by atoms with Crippen LogP contribution in [0.25, 0.3) is 0 Å². The highest BCUT2D eigenvalue weighted by atomic mass is 35.5. The third-order valence-corrected chi connectivity index (χ3v) is 2.00. The second kappa shape index (κ2) is 4.25. The Hall–Kier alpha value is -0.990. The molecule has 1 heterocycles. The second-order valence-electron chi connectivity index (χ2n) is 2.67. The molecule has 0 radical (unpaired) electrons. The zero-order valence-electron chi connectivity index (χ0n) is 7.07. The van der Waals surface area contributed by atoms with Crippen molar-refractivity contribution in [3.63, 3.8) is 0 Å². The zero-order chi connectivity index (χ0) is 11.6. The molecule has 0 fully saturated rings. The summed E-state index contributed by atoms with van der Waals surface area (Å²) in [5, 5.41) is 8.12. The molecule has 0 atom stereocenters. The van der Waals surface area contributed by atoms with E-state index in [0.29, 0.717) is 0 Å². The number of hydrogen-bond donors (Lipinski definition) is 0. The normalized spacial score (nSPS) is 11.2. The maximum absolute atomic E-state index is 12.1. The van der Waals surface area contributed by atoms with Gasteiger partial charge in [0, 0.05) is 0 Å². The van der Waals surface area contributed by atoms with E-state index in [-0.39, 0.29) is 21.4 Å². The molecular formula is C8H3Cl2F3N2. The SMILES string of the molecule is N#Cc1c(CC(F)(F)F)cc(Cl)nc1Cl. The molecular weight excluding hydrogens is 252 g/mol. The van der Waals surface area contributed by atoms with Crippen LogP contribution in [-0.2, 0) is 6.42 Å². The van der Waals surface area contributed by atoms with Gasteiger partial charge in [0.2, 0.25) is 0 Å². The van der Waals surface area contributed by atoms with Gasteiger partial charge in [0.05, 0.1) is 12.0 Å². The molecule has 1 rings (SSSR count). The zero-order valence-corrected chi connectivity index (χ0v) is 8.58. The average molecular weight is 255 g/mol. The van der Waals surface area contributed by atoms with Crippen LogP contribution >= 0.6 is 23.2 Å². The average Bonchev–Trinajstić information content (AvgIpc) is 1.99. The van der Waals surface area contributed by atoms with Gasteiger partial charge in [-0.25, -0.2) is 4.98 Å². The molecule has 0 bridgehead atoms. The third-order valence-electron chi connectivity index (χ3n) is 1.53. The molecule has 15 heavy (non-hydrogen) atoms. The molecule has 0 amide bonds. The Morgan fingerprint density at radius 1 is 1.40 bits per heavy atom. The Kier molecular flexibility index (Phi) is 3.42. The number of nitriles is 1. The number of pyridine rings is 1. The van der Waals surface area contributed by atoms with Gasteiger partial charge < -0.3 is 0 Å². The van der Waals surface area contributed by atoms with Crippen LogP contribution < -0.4 is 0 Å². The molecule has 0 unspecified atom stereocenters. The lowest BCUT2D eigenvalue weighted by atomic mass is 10.1. The van der Waals surface area contributed by atoms with Crippen LogP contribution in [0.3, 0.4) is 0 Å². The quantitative estimate of drug-likeness (QED) is 0.721. The van der Waals surface area contributed by atoms with E-state index in [1.54, 1.807) is 6.07 Å². The maximum atomic E-state index is 12.1. The fraction of sp³-hybridized carbons (Fsp3) is 0.250. The van der Waals surface area contributed by atoms with Crippen LogP contribution in [0.15, 0.2) is 6.07 Å². The van der Waals surface area contributed by atoms with Crippen molar-refractivity contribution in [2.75, 3.05) is 0 Å². The summed E-state index contributed by atoms with van der Waals surface area (Å²) in [5.41, 5.74) is -0.562. The van der Waals surface area contributed by atoms with Gasteiger partial charge in [-0.05, 0) is 11.6 Å². The smallest absolute Gasteiger partial charge is 0.223 e. The molecule has 2 nitrogen and oxygen atoms in total. The first-order chi connectivity index (χ1) is 6.83. The van der Waals surface area contributed by atoms with Crippen molar-refractivity contribution >= 4 is 23.2 Å². The summed E-state index contributed by atoms with van der Waals surface area (Å²) in [6.45, 7) is 0. The van der Waals surface area contributed by atoms with Gasteiger partial charge >= 0.3 is 6.18 Å². The van der Waals surface area contributed by atoms with E-state index >= 15 is 0 Å². The Morgan fingerprint density at radius 2 is 2.00 bits per heavy atom. The highest BCUT2D eigenvalue weighted by Gasteiger charge is 2.30. The van der Waals surface area contributed by atoms with E-state index in [4.69, 9.17) is 28.5 Å². The highest BCUT2D eigenvalue weighted by Crippen LogP contribution is 2.27. The van der Waals surface area contributed by atoms with E-state index in [1.165, 1.54) is 0 Å². The lowest BCUT2D eigenvalue weighted by Gasteiger charge is -2.08. The summed E-state index contributed by atoms with van der Waals surface area (Å²) >= 11 is 10.9. The molecule has 0 aliphatic heterocycles. The lowest BCUT2D eigenvalue weighted by Crippen LogP contribution is -2.13. The molecule has 7 heteroatoms. The predicted octanol–water partition coefficient (Wildman–Crippen LogP) is 3.36. The van der Waals surface area contributed by atoms with Crippen molar-refractivity contribution in [2.24, 2.45) is 0 Å². The molecule has 0 aliphatic rings. The fourth-order valence-electron chi connectivity index (χ4n) is 1.00. The molecule has 0 saturated carbocycles. The molecule has 1 aromatic heterocycles. The first-order valence-corrected chi connectivity index (χ1v) is 4.41. The van der Waals surface area contributed by atoms with Crippen molar-refractivity contribution in [1.29, 1.82) is 5.26 Å². The Bertz CT molecular complexity index is 423. The minimum atomic E-state index is -4.42. The van der Waals surface area contributed by atoms with E-state index in [2.05, 4.69) is 4.98 Å². The summed E-state index contributed by atoms with van der Waals surface area (Å²) in [7, 11) is 0. The van der Waals surface area contributed by atoms with Crippen LogP contribution in [0, 0.1) is 11.3 Å². The van der Waals surface area contributed by atoms with Crippen LogP contribution in [0.2, 0.25) is 10.3 Å². The van der Waals surface area contributed by atoms with Crippen LogP contribution in [0.4, 0.5) is 13.2 Å². The van der Waals surface area contributed by atoms with Crippen molar-refractivity contribution in [3.8, 4) is 6.07 Å². The Labute approximate surface area is 93.2 Å². The van der Waals surface area contributed by atoms with Crippen molar-refractivity contribution in [2.45, 2.75) is 12.6 Å². The van der Waals surface area contributed by atoms with Gasteiger partial charge in [-0.1, -0.05) is 23.2 Å². The molecule has 80 valence electrons. The van der Waals surface area contributed by atoms with E-state index in [0.717, 1.165) is 6.07 Å². The standard InChI is InChI=1S/C8H3Cl2F3N2/c9-6-1-4(2-8(11,12)13)5(3-14)7(10)15-6/h1H,2H2. The number of hydrogen-bond acceptors (Lipinski definition) is 2. The van der Waals surface area contributed by atoms with E-state index in [1.807, 2.05) is 0 Å². The topological polar surface area (TPSA) is 36.7 Å². The van der Waals surface area contributed by atoms with Crippen LogP contribution in [0.1, 0.15) is 11.1 Å². The van der Waals surface area contributed by atoms with Crippen molar-refractivity contribution < 1.29 is 13.2 Å². The van der Waals surface area contributed by atoms with Crippen LogP contribution in [0.5, 0.6) is 0 Å². The number of halogens is 5. The second-order valence-corrected chi connectivity index (χ2v) is 3.42. The van der Waals surface area contributed by atoms with Crippen LogP contribution in [-0.4, -0.2) is 11.2 Å². The number of nitrogens with zero attached hydrogens (tertiary/aromatic N) is 2. The summed E-state index contributed by atoms with van der Waals surface area (Å²) in [6.07, 6.45) is -5.67. The predicted molar refractivity (Wildman–Crippen MR) is 48.7 cm³/mol. The van der Waals surface area contributed by atoms with Gasteiger partial charge in [0.25, 0.3) is 0 Å². The van der Waals surface area contributed by atoms with Crippen molar-refractivity contribution in [1.82, 2.24) is 4.98 Å². The highest BCUT2D eigenvalue weighted by molar-refractivity contribution is 6.33. The Morgan fingerprint density at radius 3 is 2.47 bits per heavy atom. The van der Waals surface area contributed by atoms with Gasteiger partial charge in [-0.15, -0.1) is 0 Å². The van der Waals surface area contributed by atoms with Crippen molar-refractivity contribution in [3.05, 3.63) is 27.5 Å². The fourth-order valence-corrected chi connectivity index (χ4v) is 1.52. The molecule has 0 N–H and O–H groups in total. The summed E-state index contributed by atoms with van der Waals surface area (Å²) < 4.78 is 36.3. The Balaban J connectivity index is 3.23. The van der Waals surface area contributed by atoms with E-state index in [9.17, 15) is 13.2 Å². The molecule has 0 aromatic carbocycles. The van der Waals surface area contributed by atoms with Gasteiger partial charge in [-0.3, -0.25) is 0 Å². The molecule has 0 spiro atoms. The van der Waals surface area contributed by atoms with E-state index < -0.39 is 12.6 Å². The number of alkyl halides is 3. The number of aromatic nitrogens is 1. The van der Waals surface area contributed by atoms with Gasteiger partial charge in [0.15, 0.2) is 0 Å². The maximum Gasteiger partial charge on any atom is 0.393 e. The first-order valence-electron chi connectivity index (χ1n) is 3.65. The van der Waals surface area contributed by atoms with Gasteiger partial charge in [-0.2, -0.15) is 18.4 Å². The monoisotopic (exact) mass is 254 g/mol. The summed E-state index contributed by atoms with van der Waals surface area (Å²) in [4.78, 5) is 3.48. The largest absolute Gasteiger partial charge is 0.393 e. The van der Waals surface area contributed by atoms with Gasteiger partial charge in [0.1, 0.15) is 16.4 Å². The first kappa shape index (κ1) is 12.1. The summed E-state index contributed by atoms with van der Waals surface area (Å²) in [5.74, 6) is 0. The third kappa shape index (κ3) is 3.26. The lowest BCUT2D eigenvalue weighted by molar-refractivity contribution is -0.127. The molecule has 0 saturated heterocycles. The minimum Gasteiger partial charge on any atom is -0.223 e. The minimum absolute atomic E-state index is 0.168.